The van der Waals surface area contributed by atoms with Crippen molar-refractivity contribution in [2.75, 3.05) is 10.6 Å². The summed E-state index contributed by atoms with van der Waals surface area (Å²) in [5, 5.41) is 33.3. The van der Waals surface area contributed by atoms with Crippen molar-refractivity contribution in [1.82, 2.24) is 0 Å². The SMILES string of the molecule is O=C(O)c1ccccc1C(=O)Nc1ccc(Oc2ccc(NC(=O)c3ccc(O)cc3C(=O)O)cc2)cc1. The third-order valence-corrected chi connectivity index (χ3v) is 5.34. The van der Waals surface area contributed by atoms with E-state index < -0.39 is 23.8 Å². The molecule has 4 aromatic carbocycles. The molecule has 0 aromatic heterocycles. The van der Waals surface area contributed by atoms with Crippen molar-refractivity contribution in [1.29, 1.82) is 0 Å². The molecule has 4 rings (SSSR count). The number of benzene rings is 4. The first-order chi connectivity index (χ1) is 18.2. The number of nitrogens with one attached hydrogen (secondary N) is 2. The Hall–Kier alpha value is -5.64. The third kappa shape index (κ3) is 5.94. The van der Waals surface area contributed by atoms with Crippen LogP contribution in [0.1, 0.15) is 41.4 Å². The van der Waals surface area contributed by atoms with Crippen LogP contribution < -0.4 is 15.4 Å². The molecule has 2 amide bonds. The van der Waals surface area contributed by atoms with E-state index in [-0.39, 0.29) is 28.0 Å². The summed E-state index contributed by atoms with van der Waals surface area (Å²) >= 11 is 0. The zero-order chi connectivity index (χ0) is 27.2. The van der Waals surface area contributed by atoms with Gasteiger partial charge >= 0.3 is 11.9 Å². The maximum absolute atomic E-state index is 12.5. The lowest BCUT2D eigenvalue weighted by Gasteiger charge is -2.11. The van der Waals surface area contributed by atoms with Crippen LogP contribution >= 0.6 is 0 Å². The van der Waals surface area contributed by atoms with Gasteiger partial charge in [-0.3, -0.25) is 9.59 Å². The molecule has 0 aliphatic carbocycles. The number of phenolic OH excluding ortho intramolecular Hbond substituents is 1. The molecule has 0 bridgehead atoms. The number of hydrogen-bond donors (Lipinski definition) is 5. The van der Waals surface area contributed by atoms with Crippen LogP contribution in [0.5, 0.6) is 17.2 Å². The second-order valence-corrected chi connectivity index (χ2v) is 7.94. The van der Waals surface area contributed by atoms with Gasteiger partial charge in [0.15, 0.2) is 0 Å². The summed E-state index contributed by atoms with van der Waals surface area (Å²) < 4.78 is 5.77. The first kappa shape index (κ1) is 25.5. The number of aromatic carboxylic acids is 2. The molecule has 0 unspecified atom stereocenters. The number of phenols is 1. The Morgan fingerprint density at radius 3 is 1.47 bits per heavy atom. The van der Waals surface area contributed by atoms with Crippen LogP contribution in [0.4, 0.5) is 11.4 Å². The average Bonchev–Trinajstić information content (AvgIpc) is 2.90. The van der Waals surface area contributed by atoms with E-state index in [0.29, 0.717) is 22.9 Å². The Kier molecular flexibility index (Phi) is 7.34. The molecule has 0 saturated carbocycles. The first-order valence-electron chi connectivity index (χ1n) is 11.1. The lowest BCUT2D eigenvalue weighted by molar-refractivity contribution is 0.0683. The van der Waals surface area contributed by atoms with E-state index in [1.807, 2.05) is 0 Å². The summed E-state index contributed by atoms with van der Waals surface area (Å²) in [7, 11) is 0. The Morgan fingerprint density at radius 1 is 0.553 bits per heavy atom. The van der Waals surface area contributed by atoms with Gasteiger partial charge in [0.25, 0.3) is 11.8 Å². The van der Waals surface area contributed by atoms with Crippen LogP contribution in [-0.2, 0) is 0 Å². The number of rotatable bonds is 8. The molecule has 10 nitrogen and oxygen atoms in total. The van der Waals surface area contributed by atoms with Crippen molar-refractivity contribution in [2.45, 2.75) is 0 Å². The highest BCUT2D eigenvalue weighted by Gasteiger charge is 2.18. The fraction of sp³-hybridized carbons (Fsp3) is 0. The van der Waals surface area contributed by atoms with Gasteiger partial charge in [-0.15, -0.1) is 0 Å². The molecule has 0 atom stereocenters. The molecule has 0 radical (unpaired) electrons. The van der Waals surface area contributed by atoms with Crippen molar-refractivity contribution < 1.29 is 39.2 Å². The summed E-state index contributed by atoms with van der Waals surface area (Å²) in [4.78, 5) is 47.7. The summed E-state index contributed by atoms with van der Waals surface area (Å²) in [5.74, 6) is -3.11. The number of carbonyl (C=O) groups is 4. The highest BCUT2D eigenvalue weighted by Crippen LogP contribution is 2.25. The van der Waals surface area contributed by atoms with E-state index in [9.17, 15) is 34.5 Å². The van der Waals surface area contributed by atoms with E-state index in [0.717, 1.165) is 6.07 Å². The van der Waals surface area contributed by atoms with Crippen LogP contribution in [-0.4, -0.2) is 39.1 Å². The van der Waals surface area contributed by atoms with Gasteiger partial charge in [0.05, 0.1) is 22.3 Å². The topological polar surface area (TPSA) is 162 Å². The van der Waals surface area contributed by atoms with E-state index in [1.54, 1.807) is 54.6 Å². The van der Waals surface area contributed by atoms with Gasteiger partial charge in [0.2, 0.25) is 0 Å². The fourth-order valence-corrected chi connectivity index (χ4v) is 3.52. The highest BCUT2D eigenvalue weighted by molar-refractivity contribution is 6.11. The monoisotopic (exact) mass is 512 g/mol. The minimum Gasteiger partial charge on any atom is -0.508 e. The summed E-state index contributed by atoms with van der Waals surface area (Å²) in [6.45, 7) is 0. The van der Waals surface area contributed by atoms with Crippen molar-refractivity contribution in [2.24, 2.45) is 0 Å². The molecule has 0 fully saturated rings. The third-order valence-electron chi connectivity index (χ3n) is 5.34. The summed E-state index contributed by atoms with van der Waals surface area (Å²) in [6, 6.07) is 22.1. The van der Waals surface area contributed by atoms with Crippen molar-refractivity contribution in [3.8, 4) is 17.2 Å². The zero-order valence-electron chi connectivity index (χ0n) is 19.5. The molecule has 0 aliphatic rings. The molecule has 0 saturated heterocycles. The average molecular weight is 512 g/mol. The number of carboxylic acids is 2. The van der Waals surface area contributed by atoms with Crippen LogP contribution in [0, 0.1) is 0 Å². The lowest BCUT2D eigenvalue weighted by atomic mass is 10.1. The second kappa shape index (κ2) is 11.0. The minimum atomic E-state index is -1.34. The Morgan fingerprint density at radius 2 is 1.00 bits per heavy atom. The summed E-state index contributed by atoms with van der Waals surface area (Å²) in [6.07, 6.45) is 0. The molecule has 5 N–H and O–H groups in total. The Balaban J connectivity index is 1.38. The predicted molar refractivity (Wildman–Crippen MR) is 137 cm³/mol. The molecule has 0 aliphatic heterocycles. The quantitative estimate of drug-likeness (QED) is 0.218. The lowest BCUT2D eigenvalue weighted by Crippen LogP contribution is -2.16. The largest absolute Gasteiger partial charge is 0.508 e. The maximum atomic E-state index is 12.5. The van der Waals surface area contributed by atoms with Crippen molar-refractivity contribution in [3.63, 3.8) is 0 Å². The van der Waals surface area contributed by atoms with Gasteiger partial charge in [-0.1, -0.05) is 12.1 Å². The standard InChI is InChI=1S/C28H20N2O8/c31-18-9-14-22(24(15-18)28(36)37)26(33)30-17-7-12-20(13-8-17)38-19-10-5-16(6-11-19)29-25(32)21-3-1-2-4-23(21)27(34)35/h1-15,31H,(H,29,32)(H,30,33)(H,34,35)(H,36,37). The molecule has 0 spiro atoms. The molecule has 4 aromatic rings. The van der Waals surface area contributed by atoms with Gasteiger partial charge < -0.3 is 30.7 Å². The summed E-state index contributed by atoms with van der Waals surface area (Å²) in [5.41, 5.74) is 0.344. The molecule has 0 heterocycles. The second-order valence-electron chi connectivity index (χ2n) is 7.94. The molecule has 38 heavy (non-hydrogen) atoms. The zero-order valence-corrected chi connectivity index (χ0v) is 19.5. The first-order valence-corrected chi connectivity index (χ1v) is 11.1. The minimum absolute atomic E-state index is 0.0390. The predicted octanol–water partition coefficient (Wildman–Crippen LogP) is 5.09. The molecule has 10 heteroatoms. The number of anilines is 2. The molecular formula is C28H20N2O8. The van der Waals surface area contributed by atoms with Gasteiger partial charge in [-0.25, -0.2) is 9.59 Å². The van der Waals surface area contributed by atoms with E-state index in [4.69, 9.17) is 4.74 Å². The van der Waals surface area contributed by atoms with Crippen LogP contribution in [0.2, 0.25) is 0 Å². The van der Waals surface area contributed by atoms with Crippen LogP contribution in [0.25, 0.3) is 0 Å². The van der Waals surface area contributed by atoms with Gasteiger partial charge in [0.1, 0.15) is 17.2 Å². The number of hydrogen-bond acceptors (Lipinski definition) is 6. The van der Waals surface area contributed by atoms with Gasteiger partial charge in [0, 0.05) is 11.4 Å². The number of amides is 2. The van der Waals surface area contributed by atoms with Crippen LogP contribution in [0.3, 0.4) is 0 Å². The molecule has 190 valence electrons. The maximum Gasteiger partial charge on any atom is 0.336 e. The number of ether oxygens (including phenoxy) is 1. The highest BCUT2D eigenvalue weighted by atomic mass is 16.5. The van der Waals surface area contributed by atoms with E-state index >= 15 is 0 Å². The van der Waals surface area contributed by atoms with Gasteiger partial charge in [-0.05, 0) is 78.9 Å². The van der Waals surface area contributed by atoms with Crippen molar-refractivity contribution >= 4 is 35.1 Å². The Labute approximate surface area is 215 Å². The number of carbonyl (C=O) groups excluding carboxylic acids is 2. The van der Waals surface area contributed by atoms with Crippen molar-refractivity contribution in [3.05, 3.63) is 113 Å². The van der Waals surface area contributed by atoms with Crippen LogP contribution in [0.15, 0.2) is 91.0 Å². The van der Waals surface area contributed by atoms with E-state index in [1.165, 1.54) is 30.3 Å². The molecular weight excluding hydrogens is 492 g/mol. The van der Waals surface area contributed by atoms with Gasteiger partial charge in [-0.2, -0.15) is 0 Å². The number of aromatic hydroxyl groups is 1. The smallest absolute Gasteiger partial charge is 0.336 e. The fourth-order valence-electron chi connectivity index (χ4n) is 3.52. The van der Waals surface area contributed by atoms with E-state index in [2.05, 4.69) is 10.6 Å². The number of carboxylic acid groups (broad SMARTS) is 2. The Bertz CT molecular complexity index is 1530. The normalized spacial score (nSPS) is 10.3.